The number of nitro benzene ring substituents is 1. The lowest BCUT2D eigenvalue weighted by molar-refractivity contribution is -0.384. The van der Waals surface area contributed by atoms with Crippen LogP contribution in [0.25, 0.3) is 0 Å². The Balaban J connectivity index is 1.83. The second-order valence-corrected chi connectivity index (χ2v) is 7.63. The summed E-state index contributed by atoms with van der Waals surface area (Å²) in [6.07, 6.45) is 1.54. The second kappa shape index (κ2) is 9.91. The Morgan fingerprint density at radius 2 is 1.66 bits per heavy atom. The molecule has 2 aromatic rings. The number of hydrogen-bond donors (Lipinski definition) is 3. The molecule has 1 aliphatic rings. The number of carbonyl (C=O) groups excluding carboxylic acids is 1. The lowest BCUT2D eigenvalue weighted by Gasteiger charge is -2.30. The molecule has 8 heteroatoms. The number of carboxylic acid groups (broad SMARTS) is 1. The number of benzene rings is 2. The molecule has 3 N–H and O–H groups in total. The van der Waals surface area contributed by atoms with Crippen LogP contribution in [0.1, 0.15) is 37.3 Å². The Bertz CT molecular complexity index is 1090. The minimum absolute atomic E-state index is 0.0406. The minimum Gasteiger partial charge on any atom is -0.478 e. The molecule has 8 nitrogen and oxygen atoms in total. The first kappa shape index (κ1) is 22.7. The lowest BCUT2D eigenvalue weighted by atomic mass is 9.80. The average molecular weight is 435 g/mol. The lowest BCUT2D eigenvalue weighted by Crippen LogP contribution is -2.36. The van der Waals surface area contributed by atoms with E-state index in [-0.39, 0.29) is 17.2 Å². The number of carboxylic acids is 1. The average Bonchev–Trinajstić information content (AvgIpc) is 2.76. The predicted octanol–water partition coefficient (Wildman–Crippen LogP) is 3.66. The van der Waals surface area contributed by atoms with Crippen molar-refractivity contribution in [2.24, 2.45) is 0 Å². The maximum absolute atomic E-state index is 13.1. The Kier molecular flexibility index (Phi) is 7.04. The number of nitrogens with zero attached hydrogens (tertiary/aromatic N) is 1. The number of amides is 1. The summed E-state index contributed by atoms with van der Waals surface area (Å²) < 4.78 is 0. The highest BCUT2D eigenvalue weighted by molar-refractivity contribution is 6.01. The molecule has 1 heterocycles. The van der Waals surface area contributed by atoms with Crippen molar-refractivity contribution in [1.29, 1.82) is 0 Å². The van der Waals surface area contributed by atoms with E-state index in [1.165, 1.54) is 29.8 Å². The highest BCUT2D eigenvalue weighted by Crippen LogP contribution is 2.38. The third-order valence-electron chi connectivity index (χ3n) is 5.44. The van der Waals surface area contributed by atoms with E-state index in [9.17, 15) is 24.8 Å². The molecule has 0 fully saturated rings. The topological polar surface area (TPSA) is 122 Å². The molecule has 0 aromatic heterocycles. The van der Waals surface area contributed by atoms with E-state index in [4.69, 9.17) is 0 Å². The van der Waals surface area contributed by atoms with Gasteiger partial charge in [-0.05, 0) is 37.8 Å². The summed E-state index contributed by atoms with van der Waals surface area (Å²) in [6, 6.07) is 15.6. The Hall–Kier alpha value is -3.94. The number of rotatable bonds is 8. The molecule has 1 aliphatic heterocycles. The third kappa shape index (κ3) is 5.03. The van der Waals surface area contributed by atoms with Crippen LogP contribution in [-0.4, -0.2) is 28.5 Å². The van der Waals surface area contributed by atoms with Gasteiger partial charge in [0.1, 0.15) is 0 Å². The minimum atomic E-state index is -1.15. The molecule has 32 heavy (non-hydrogen) atoms. The van der Waals surface area contributed by atoms with Crippen LogP contribution in [-0.2, 0) is 16.0 Å². The van der Waals surface area contributed by atoms with Gasteiger partial charge in [-0.15, -0.1) is 0 Å². The van der Waals surface area contributed by atoms with E-state index in [1.54, 1.807) is 13.8 Å². The van der Waals surface area contributed by atoms with Crippen LogP contribution in [0.3, 0.4) is 0 Å². The highest BCUT2D eigenvalue weighted by Gasteiger charge is 2.36. The number of carbonyl (C=O) groups is 2. The van der Waals surface area contributed by atoms with Crippen molar-refractivity contribution in [3.8, 4) is 0 Å². The summed E-state index contributed by atoms with van der Waals surface area (Å²) in [6.45, 7) is 3.79. The van der Waals surface area contributed by atoms with Crippen molar-refractivity contribution in [3.05, 3.63) is 98.4 Å². The molecular formula is C24H25N3O5. The number of nitrogens with one attached hydrogen (secondary N) is 2. The number of hydrogen-bond acceptors (Lipinski definition) is 5. The van der Waals surface area contributed by atoms with Gasteiger partial charge in [0, 0.05) is 35.6 Å². The van der Waals surface area contributed by atoms with Crippen LogP contribution in [0.15, 0.2) is 77.1 Å². The third-order valence-corrected chi connectivity index (χ3v) is 5.44. The molecule has 0 saturated carbocycles. The van der Waals surface area contributed by atoms with Gasteiger partial charge in [0.05, 0.1) is 16.4 Å². The second-order valence-electron chi connectivity index (χ2n) is 7.63. The molecular weight excluding hydrogens is 410 g/mol. The molecule has 3 rings (SSSR count). The molecule has 0 aliphatic carbocycles. The molecule has 1 unspecified atom stereocenters. The SMILES string of the molecule is CC1=C(C(=O)O)C(c2ccc([N+](=O)[O-])cc2)C(C(=O)NCCCc2ccccc2)=C(C)N1. The number of nitro groups is 1. The fourth-order valence-electron chi connectivity index (χ4n) is 3.93. The van der Waals surface area contributed by atoms with Crippen molar-refractivity contribution in [3.63, 3.8) is 0 Å². The molecule has 0 saturated heterocycles. The van der Waals surface area contributed by atoms with E-state index in [0.29, 0.717) is 29.1 Å². The van der Waals surface area contributed by atoms with Crippen molar-refractivity contribution in [2.75, 3.05) is 6.54 Å². The van der Waals surface area contributed by atoms with E-state index >= 15 is 0 Å². The molecule has 2 aromatic carbocycles. The predicted molar refractivity (Wildman–Crippen MR) is 120 cm³/mol. The van der Waals surface area contributed by atoms with Gasteiger partial charge in [-0.3, -0.25) is 14.9 Å². The fourth-order valence-corrected chi connectivity index (χ4v) is 3.93. The Morgan fingerprint density at radius 1 is 1.03 bits per heavy atom. The van der Waals surface area contributed by atoms with Gasteiger partial charge in [-0.2, -0.15) is 0 Å². The number of dihydropyridines is 1. The van der Waals surface area contributed by atoms with Gasteiger partial charge in [-0.25, -0.2) is 4.79 Å². The zero-order valence-corrected chi connectivity index (χ0v) is 17.9. The molecule has 1 atom stereocenters. The number of aliphatic carboxylic acids is 1. The largest absolute Gasteiger partial charge is 0.478 e. The Labute approximate surface area is 185 Å². The molecule has 1 amide bonds. The summed E-state index contributed by atoms with van der Waals surface area (Å²) in [5, 5.41) is 26.7. The summed E-state index contributed by atoms with van der Waals surface area (Å²) >= 11 is 0. The van der Waals surface area contributed by atoms with E-state index in [0.717, 1.165) is 12.8 Å². The van der Waals surface area contributed by atoms with Crippen molar-refractivity contribution in [2.45, 2.75) is 32.6 Å². The maximum atomic E-state index is 13.1. The highest BCUT2D eigenvalue weighted by atomic mass is 16.6. The van der Waals surface area contributed by atoms with Crippen LogP contribution in [0.2, 0.25) is 0 Å². The van der Waals surface area contributed by atoms with Crippen molar-refractivity contribution >= 4 is 17.6 Å². The molecule has 0 spiro atoms. The van der Waals surface area contributed by atoms with Crippen LogP contribution in [0, 0.1) is 10.1 Å². The quantitative estimate of drug-likeness (QED) is 0.330. The molecule has 0 radical (unpaired) electrons. The molecule has 0 bridgehead atoms. The Morgan fingerprint density at radius 3 is 2.25 bits per heavy atom. The van der Waals surface area contributed by atoms with E-state index in [2.05, 4.69) is 10.6 Å². The van der Waals surface area contributed by atoms with Gasteiger partial charge >= 0.3 is 5.97 Å². The van der Waals surface area contributed by atoms with E-state index in [1.807, 2.05) is 30.3 Å². The van der Waals surface area contributed by atoms with Gasteiger partial charge in [0.15, 0.2) is 0 Å². The first-order valence-electron chi connectivity index (χ1n) is 10.3. The monoisotopic (exact) mass is 435 g/mol. The number of non-ortho nitro benzene ring substituents is 1. The van der Waals surface area contributed by atoms with Crippen LogP contribution < -0.4 is 10.6 Å². The first-order chi connectivity index (χ1) is 15.3. The van der Waals surface area contributed by atoms with Crippen LogP contribution in [0.4, 0.5) is 5.69 Å². The first-order valence-corrected chi connectivity index (χ1v) is 10.3. The summed E-state index contributed by atoms with van der Waals surface area (Å²) in [4.78, 5) is 35.7. The van der Waals surface area contributed by atoms with Gasteiger partial charge in [-0.1, -0.05) is 42.5 Å². The van der Waals surface area contributed by atoms with Crippen LogP contribution >= 0.6 is 0 Å². The summed E-state index contributed by atoms with van der Waals surface area (Å²) in [5.74, 6) is -2.36. The van der Waals surface area contributed by atoms with Crippen molar-refractivity contribution < 1.29 is 19.6 Å². The van der Waals surface area contributed by atoms with Crippen molar-refractivity contribution in [1.82, 2.24) is 10.6 Å². The smallest absolute Gasteiger partial charge is 0.334 e. The zero-order valence-electron chi connectivity index (χ0n) is 17.9. The maximum Gasteiger partial charge on any atom is 0.334 e. The fraction of sp³-hybridized carbons (Fsp3) is 0.250. The normalized spacial score (nSPS) is 15.9. The zero-order chi connectivity index (χ0) is 23.3. The summed E-state index contributed by atoms with van der Waals surface area (Å²) in [5.41, 5.74) is 2.89. The van der Waals surface area contributed by atoms with E-state index < -0.39 is 16.8 Å². The number of aryl methyl sites for hydroxylation is 1. The van der Waals surface area contributed by atoms with Gasteiger partial charge < -0.3 is 15.7 Å². The van der Waals surface area contributed by atoms with Crippen LogP contribution in [0.5, 0.6) is 0 Å². The summed E-state index contributed by atoms with van der Waals surface area (Å²) in [7, 11) is 0. The standard InChI is InChI=1S/C24H25N3O5/c1-15-20(23(28)25-14-6-9-17-7-4-3-5-8-17)22(21(24(29)30)16(2)26-15)18-10-12-19(13-11-18)27(31)32/h3-5,7-8,10-13,22,26H,6,9,14H2,1-2H3,(H,25,28)(H,29,30). The number of allylic oxidation sites excluding steroid dienone is 2. The molecule has 166 valence electrons. The van der Waals surface area contributed by atoms with Gasteiger partial charge in [0.25, 0.3) is 5.69 Å². The van der Waals surface area contributed by atoms with Gasteiger partial charge in [0.2, 0.25) is 5.91 Å².